The van der Waals surface area contributed by atoms with Crippen molar-refractivity contribution in [3.63, 3.8) is 0 Å². The number of carboxylic acid groups (broad SMARTS) is 2. The first-order valence-corrected chi connectivity index (χ1v) is 10.3. The van der Waals surface area contributed by atoms with Crippen LogP contribution >= 0.6 is 0 Å². The van der Waals surface area contributed by atoms with Crippen LogP contribution in [0.5, 0.6) is 0 Å². The molecule has 154 valence electrons. The molecule has 0 amide bonds. The molecule has 2 atom stereocenters. The Bertz CT molecular complexity index is 869. The lowest BCUT2D eigenvalue weighted by atomic mass is 9.58. The summed E-state index contributed by atoms with van der Waals surface area (Å²) in [4.78, 5) is 25.5. The third-order valence-corrected chi connectivity index (χ3v) is 6.12. The maximum atomic E-state index is 13.0. The summed E-state index contributed by atoms with van der Waals surface area (Å²) in [5.41, 5.74) is 2.44. The van der Waals surface area contributed by atoms with Crippen molar-refractivity contribution < 1.29 is 19.8 Å². The van der Waals surface area contributed by atoms with Gasteiger partial charge in [-0.25, -0.2) is 0 Å². The van der Waals surface area contributed by atoms with Gasteiger partial charge >= 0.3 is 11.9 Å². The third kappa shape index (κ3) is 3.57. The minimum absolute atomic E-state index is 0.0417. The summed E-state index contributed by atoms with van der Waals surface area (Å²) in [7, 11) is 0. The molecule has 3 rings (SSSR count). The van der Waals surface area contributed by atoms with Gasteiger partial charge in [0, 0.05) is 5.92 Å². The molecule has 0 aromatic heterocycles. The number of fused-ring (bicyclic) bond motifs is 3. The molecule has 2 N–H and O–H groups in total. The Balaban J connectivity index is 2.34. The highest BCUT2D eigenvalue weighted by atomic mass is 16.4. The molecular weight excluding hydrogens is 364 g/mol. The van der Waals surface area contributed by atoms with Gasteiger partial charge in [-0.3, -0.25) is 9.59 Å². The van der Waals surface area contributed by atoms with Crippen LogP contribution in [-0.4, -0.2) is 22.2 Å². The molecular formula is C25H30O4. The maximum Gasteiger partial charge on any atom is 0.311 e. The minimum atomic E-state index is -1.42. The smallest absolute Gasteiger partial charge is 0.311 e. The first-order valence-electron chi connectivity index (χ1n) is 10.3. The van der Waals surface area contributed by atoms with E-state index in [0.29, 0.717) is 12.8 Å². The molecule has 0 fully saturated rings. The van der Waals surface area contributed by atoms with E-state index in [9.17, 15) is 19.8 Å². The summed E-state index contributed by atoms with van der Waals surface area (Å²) in [5.74, 6) is -3.39. The van der Waals surface area contributed by atoms with Crippen molar-refractivity contribution in [2.24, 2.45) is 23.2 Å². The highest BCUT2D eigenvalue weighted by Crippen LogP contribution is 2.58. The SMILES string of the molecule is CC(C)CC(C(=O)O)C(CC(C)C)(C(=O)O)C1c2ccccc2-c2ccccc21. The zero-order chi connectivity index (χ0) is 21.3. The van der Waals surface area contributed by atoms with Crippen LogP contribution in [0.25, 0.3) is 11.1 Å². The molecule has 0 saturated heterocycles. The second kappa shape index (κ2) is 8.02. The van der Waals surface area contributed by atoms with Crippen LogP contribution in [0.4, 0.5) is 0 Å². The van der Waals surface area contributed by atoms with Crippen molar-refractivity contribution in [1.82, 2.24) is 0 Å². The van der Waals surface area contributed by atoms with E-state index in [4.69, 9.17) is 0 Å². The summed E-state index contributed by atoms with van der Waals surface area (Å²) in [6.07, 6.45) is 0.633. The van der Waals surface area contributed by atoms with E-state index >= 15 is 0 Å². The van der Waals surface area contributed by atoms with E-state index in [-0.39, 0.29) is 11.8 Å². The number of carbonyl (C=O) groups is 2. The summed E-state index contributed by atoms with van der Waals surface area (Å²) >= 11 is 0. The Morgan fingerprint density at radius 3 is 1.72 bits per heavy atom. The molecule has 2 aromatic carbocycles. The predicted octanol–water partition coefficient (Wildman–Crippen LogP) is 5.66. The van der Waals surface area contributed by atoms with Crippen molar-refractivity contribution in [2.45, 2.75) is 46.5 Å². The lowest BCUT2D eigenvalue weighted by Gasteiger charge is -2.42. The lowest BCUT2D eigenvalue weighted by Crippen LogP contribution is -2.48. The van der Waals surface area contributed by atoms with Gasteiger partial charge in [0.1, 0.15) is 0 Å². The highest BCUT2D eigenvalue weighted by Gasteiger charge is 2.57. The van der Waals surface area contributed by atoms with E-state index in [0.717, 1.165) is 22.3 Å². The molecule has 4 nitrogen and oxygen atoms in total. The molecule has 0 spiro atoms. The van der Waals surface area contributed by atoms with Gasteiger partial charge in [0.15, 0.2) is 0 Å². The first kappa shape index (κ1) is 21.1. The van der Waals surface area contributed by atoms with Gasteiger partial charge in [-0.1, -0.05) is 76.2 Å². The van der Waals surface area contributed by atoms with Crippen LogP contribution in [0.2, 0.25) is 0 Å². The van der Waals surface area contributed by atoms with E-state index in [1.54, 1.807) is 0 Å². The van der Waals surface area contributed by atoms with Crippen LogP contribution in [-0.2, 0) is 9.59 Å². The maximum absolute atomic E-state index is 13.0. The lowest BCUT2D eigenvalue weighted by molar-refractivity contribution is -0.166. The average Bonchev–Trinajstić information content (AvgIpc) is 2.98. The largest absolute Gasteiger partial charge is 0.481 e. The summed E-state index contributed by atoms with van der Waals surface area (Å²) in [6, 6.07) is 15.7. The molecule has 29 heavy (non-hydrogen) atoms. The zero-order valence-corrected chi connectivity index (χ0v) is 17.6. The summed E-state index contributed by atoms with van der Waals surface area (Å²) < 4.78 is 0. The van der Waals surface area contributed by atoms with Gasteiger partial charge in [-0.05, 0) is 46.9 Å². The van der Waals surface area contributed by atoms with Gasteiger partial charge in [-0.15, -0.1) is 0 Å². The van der Waals surface area contributed by atoms with Gasteiger partial charge < -0.3 is 10.2 Å². The molecule has 0 bridgehead atoms. The van der Waals surface area contributed by atoms with E-state index in [1.165, 1.54) is 0 Å². The standard InChI is InChI=1S/C25H30O4/c1-15(2)13-21(23(26)27)25(24(28)29,14-16(3)4)22-19-11-7-5-9-17(19)18-10-6-8-12-20(18)22/h5-12,15-16,21-22H,13-14H2,1-4H3,(H,26,27)(H,28,29). The van der Waals surface area contributed by atoms with Crippen LogP contribution in [0.15, 0.2) is 48.5 Å². The van der Waals surface area contributed by atoms with Gasteiger partial charge in [-0.2, -0.15) is 0 Å². The van der Waals surface area contributed by atoms with Crippen molar-refractivity contribution in [1.29, 1.82) is 0 Å². The molecule has 1 aliphatic rings. The Morgan fingerprint density at radius 2 is 1.34 bits per heavy atom. The first-order chi connectivity index (χ1) is 13.7. The molecule has 4 heteroatoms. The Morgan fingerprint density at radius 1 is 0.862 bits per heavy atom. The second-order valence-corrected chi connectivity index (χ2v) is 9.07. The molecule has 1 aliphatic carbocycles. The van der Waals surface area contributed by atoms with Crippen molar-refractivity contribution in [3.05, 3.63) is 59.7 Å². The molecule has 0 radical (unpaired) electrons. The number of aliphatic carboxylic acids is 2. The topological polar surface area (TPSA) is 74.6 Å². The Hall–Kier alpha value is -2.62. The van der Waals surface area contributed by atoms with Crippen LogP contribution in [0.1, 0.15) is 57.6 Å². The Labute approximate surface area is 172 Å². The van der Waals surface area contributed by atoms with Gasteiger partial charge in [0.2, 0.25) is 0 Å². The third-order valence-electron chi connectivity index (χ3n) is 6.12. The second-order valence-electron chi connectivity index (χ2n) is 9.07. The minimum Gasteiger partial charge on any atom is -0.481 e. The van der Waals surface area contributed by atoms with Crippen molar-refractivity contribution >= 4 is 11.9 Å². The number of hydrogen-bond acceptors (Lipinski definition) is 2. The normalized spacial score (nSPS) is 16.3. The highest BCUT2D eigenvalue weighted by molar-refractivity contribution is 5.89. The number of benzene rings is 2. The fourth-order valence-corrected chi connectivity index (χ4v) is 5.21. The van der Waals surface area contributed by atoms with Gasteiger partial charge in [0.05, 0.1) is 11.3 Å². The number of hydrogen-bond donors (Lipinski definition) is 2. The quantitative estimate of drug-likeness (QED) is 0.605. The Kier molecular flexibility index (Phi) is 5.83. The van der Waals surface area contributed by atoms with Crippen LogP contribution < -0.4 is 0 Å². The fourth-order valence-electron chi connectivity index (χ4n) is 5.21. The van der Waals surface area contributed by atoms with E-state index in [1.807, 2.05) is 76.2 Å². The summed E-state index contributed by atoms with van der Waals surface area (Å²) in [6.45, 7) is 7.85. The molecule has 0 saturated carbocycles. The van der Waals surface area contributed by atoms with Crippen molar-refractivity contribution in [3.8, 4) is 11.1 Å². The van der Waals surface area contributed by atoms with Gasteiger partial charge in [0.25, 0.3) is 0 Å². The van der Waals surface area contributed by atoms with Crippen LogP contribution in [0.3, 0.4) is 0 Å². The van der Waals surface area contributed by atoms with E-state index < -0.39 is 29.2 Å². The number of carboxylic acids is 2. The van der Waals surface area contributed by atoms with Crippen molar-refractivity contribution in [2.75, 3.05) is 0 Å². The molecule has 2 aromatic rings. The monoisotopic (exact) mass is 394 g/mol. The molecule has 0 heterocycles. The van der Waals surface area contributed by atoms with E-state index in [2.05, 4.69) is 0 Å². The molecule has 2 unspecified atom stereocenters. The summed E-state index contributed by atoms with van der Waals surface area (Å²) in [5, 5.41) is 20.9. The fraction of sp³-hybridized carbons (Fsp3) is 0.440. The molecule has 0 aliphatic heterocycles. The van der Waals surface area contributed by atoms with Crippen LogP contribution in [0, 0.1) is 23.2 Å². The number of rotatable bonds is 8. The average molecular weight is 395 g/mol. The zero-order valence-electron chi connectivity index (χ0n) is 17.6. The predicted molar refractivity (Wildman–Crippen MR) is 114 cm³/mol.